The van der Waals surface area contributed by atoms with Gasteiger partial charge in [0.2, 0.25) is 0 Å². The number of halogens is 2. The van der Waals surface area contributed by atoms with Crippen LogP contribution < -0.4 is 0 Å². The molecule has 1 rings (SSSR count). The molecule has 0 amide bonds. The lowest BCUT2D eigenvalue weighted by molar-refractivity contribution is 0.132. The number of hydrogen-bond donors (Lipinski definition) is 0. The summed E-state index contributed by atoms with van der Waals surface area (Å²) in [6.45, 7) is 7.22. The highest BCUT2D eigenvalue weighted by atomic mass is 35.5. The van der Waals surface area contributed by atoms with Gasteiger partial charge in [-0.1, -0.05) is 44.0 Å². The highest BCUT2D eigenvalue weighted by Gasteiger charge is 2.26. The standard InChI is InChI=1S/C13H18Cl2O/c1-13(2,3)12(8-16-4)9-5-10(14)7-11(15)6-9/h5-7,12H,8H2,1-4H3. The Morgan fingerprint density at radius 2 is 1.62 bits per heavy atom. The highest BCUT2D eigenvalue weighted by molar-refractivity contribution is 6.34. The van der Waals surface area contributed by atoms with E-state index in [1.807, 2.05) is 12.1 Å². The molecule has 0 N–H and O–H groups in total. The van der Waals surface area contributed by atoms with Crippen molar-refractivity contribution in [2.75, 3.05) is 13.7 Å². The summed E-state index contributed by atoms with van der Waals surface area (Å²) in [4.78, 5) is 0. The fourth-order valence-electron chi connectivity index (χ4n) is 1.79. The summed E-state index contributed by atoms with van der Waals surface area (Å²) >= 11 is 12.0. The van der Waals surface area contributed by atoms with Crippen LogP contribution in [0.5, 0.6) is 0 Å². The highest BCUT2D eigenvalue weighted by Crippen LogP contribution is 2.37. The fraction of sp³-hybridized carbons (Fsp3) is 0.538. The van der Waals surface area contributed by atoms with Crippen LogP contribution >= 0.6 is 23.2 Å². The smallest absolute Gasteiger partial charge is 0.0536 e. The van der Waals surface area contributed by atoms with Crippen LogP contribution in [0.3, 0.4) is 0 Å². The van der Waals surface area contributed by atoms with Crippen LogP contribution in [0.15, 0.2) is 18.2 Å². The monoisotopic (exact) mass is 260 g/mol. The Kier molecular flexibility index (Phi) is 4.66. The average Bonchev–Trinajstić information content (AvgIpc) is 2.10. The Hall–Kier alpha value is -0.240. The first-order valence-electron chi connectivity index (χ1n) is 5.29. The molecule has 0 aromatic heterocycles. The van der Waals surface area contributed by atoms with Gasteiger partial charge in [-0.15, -0.1) is 0 Å². The molecule has 0 aliphatic carbocycles. The van der Waals surface area contributed by atoms with Crippen molar-refractivity contribution in [2.45, 2.75) is 26.7 Å². The second-order valence-electron chi connectivity index (χ2n) is 5.08. The molecule has 1 aromatic carbocycles. The maximum Gasteiger partial charge on any atom is 0.0536 e. The van der Waals surface area contributed by atoms with Crippen LogP contribution in [0.25, 0.3) is 0 Å². The van der Waals surface area contributed by atoms with E-state index in [-0.39, 0.29) is 11.3 Å². The van der Waals surface area contributed by atoms with E-state index in [1.165, 1.54) is 0 Å². The molecule has 0 radical (unpaired) electrons. The molecule has 90 valence electrons. The predicted molar refractivity (Wildman–Crippen MR) is 70.5 cm³/mol. The van der Waals surface area contributed by atoms with Gasteiger partial charge in [-0.25, -0.2) is 0 Å². The topological polar surface area (TPSA) is 9.23 Å². The van der Waals surface area contributed by atoms with E-state index in [2.05, 4.69) is 20.8 Å². The number of benzene rings is 1. The van der Waals surface area contributed by atoms with Gasteiger partial charge in [0, 0.05) is 23.1 Å². The van der Waals surface area contributed by atoms with Crippen molar-refractivity contribution >= 4 is 23.2 Å². The first kappa shape index (κ1) is 13.8. The zero-order chi connectivity index (χ0) is 12.3. The Bertz CT molecular complexity index is 335. The Balaban J connectivity index is 3.10. The lowest BCUT2D eigenvalue weighted by atomic mass is 9.77. The van der Waals surface area contributed by atoms with E-state index in [1.54, 1.807) is 13.2 Å². The molecule has 0 fully saturated rings. The van der Waals surface area contributed by atoms with Gasteiger partial charge in [0.25, 0.3) is 0 Å². The molecule has 0 saturated carbocycles. The van der Waals surface area contributed by atoms with Gasteiger partial charge in [-0.2, -0.15) is 0 Å². The Labute approximate surface area is 108 Å². The van der Waals surface area contributed by atoms with Crippen molar-refractivity contribution in [2.24, 2.45) is 5.41 Å². The molecular formula is C13H18Cl2O. The third-order valence-electron chi connectivity index (χ3n) is 2.67. The van der Waals surface area contributed by atoms with E-state index in [0.717, 1.165) is 5.56 Å². The SMILES string of the molecule is COCC(c1cc(Cl)cc(Cl)c1)C(C)(C)C. The predicted octanol–water partition coefficient (Wildman–Crippen LogP) is 4.77. The number of rotatable bonds is 3. The minimum atomic E-state index is 0.115. The summed E-state index contributed by atoms with van der Waals surface area (Å²) in [5, 5.41) is 1.35. The molecular weight excluding hydrogens is 243 g/mol. The summed E-state index contributed by atoms with van der Waals surface area (Å²) in [7, 11) is 1.71. The van der Waals surface area contributed by atoms with Crippen molar-refractivity contribution in [3.63, 3.8) is 0 Å². The summed E-state index contributed by atoms with van der Waals surface area (Å²) in [6, 6.07) is 5.67. The minimum Gasteiger partial charge on any atom is -0.384 e. The maximum atomic E-state index is 6.02. The summed E-state index contributed by atoms with van der Waals surface area (Å²) < 4.78 is 5.28. The van der Waals surface area contributed by atoms with Crippen molar-refractivity contribution in [3.05, 3.63) is 33.8 Å². The molecule has 3 heteroatoms. The van der Waals surface area contributed by atoms with Crippen LogP contribution in [0.1, 0.15) is 32.3 Å². The third kappa shape index (κ3) is 3.65. The summed E-state index contributed by atoms with van der Waals surface area (Å²) in [5.74, 6) is 0.286. The van der Waals surface area contributed by atoms with E-state index in [0.29, 0.717) is 16.7 Å². The van der Waals surface area contributed by atoms with Gasteiger partial charge in [-0.05, 0) is 29.2 Å². The molecule has 0 aliphatic rings. The molecule has 0 saturated heterocycles. The van der Waals surface area contributed by atoms with Crippen molar-refractivity contribution in [3.8, 4) is 0 Å². The van der Waals surface area contributed by atoms with Crippen molar-refractivity contribution < 1.29 is 4.74 Å². The maximum absolute atomic E-state index is 6.02. The quantitative estimate of drug-likeness (QED) is 0.761. The molecule has 16 heavy (non-hydrogen) atoms. The molecule has 0 heterocycles. The van der Waals surface area contributed by atoms with Gasteiger partial charge >= 0.3 is 0 Å². The molecule has 1 aromatic rings. The Morgan fingerprint density at radius 1 is 1.12 bits per heavy atom. The summed E-state index contributed by atoms with van der Waals surface area (Å²) in [5.41, 5.74) is 1.25. The minimum absolute atomic E-state index is 0.115. The second-order valence-corrected chi connectivity index (χ2v) is 5.95. The van der Waals surface area contributed by atoms with Crippen LogP contribution in [-0.4, -0.2) is 13.7 Å². The average molecular weight is 261 g/mol. The lowest BCUT2D eigenvalue weighted by Gasteiger charge is -2.30. The Morgan fingerprint density at radius 3 is 2.00 bits per heavy atom. The normalized spacial score (nSPS) is 13.9. The van der Waals surface area contributed by atoms with Crippen LogP contribution in [0.2, 0.25) is 10.0 Å². The lowest BCUT2D eigenvalue weighted by Crippen LogP contribution is -2.22. The van der Waals surface area contributed by atoms with Crippen molar-refractivity contribution in [1.82, 2.24) is 0 Å². The van der Waals surface area contributed by atoms with E-state index in [4.69, 9.17) is 27.9 Å². The van der Waals surface area contributed by atoms with E-state index >= 15 is 0 Å². The van der Waals surface area contributed by atoms with Gasteiger partial charge in [-0.3, -0.25) is 0 Å². The summed E-state index contributed by atoms with van der Waals surface area (Å²) in [6.07, 6.45) is 0. The third-order valence-corrected chi connectivity index (χ3v) is 3.10. The zero-order valence-electron chi connectivity index (χ0n) is 10.2. The first-order valence-corrected chi connectivity index (χ1v) is 6.05. The first-order chi connectivity index (χ1) is 7.34. The van der Waals surface area contributed by atoms with Crippen LogP contribution in [0, 0.1) is 5.41 Å². The van der Waals surface area contributed by atoms with Gasteiger partial charge in [0.05, 0.1) is 6.61 Å². The molecule has 1 nitrogen and oxygen atoms in total. The van der Waals surface area contributed by atoms with Gasteiger partial charge < -0.3 is 4.74 Å². The number of ether oxygens (including phenoxy) is 1. The number of methoxy groups -OCH3 is 1. The van der Waals surface area contributed by atoms with Crippen LogP contribution in [0.4, 0.5) is 0 Å². The molecule has 0 spiro atoms. The molecule has 1 unspecified atom stereocenters. The second kappa shape index (κ2) is 5.39. The fourth-order valence-corrected chi connectivity index (χ4v) is 2.33. The molecule has 0 aliphatic heterocycles. The zero-order valence-corrected chi connectivity index (χ0v) is 11.7. The van der Waals surface area contributed by atoms with Crippen LogP contribution in [-0.2, 0) is 4.74 Å². The number of hydrogen-bond acceptors (Lipinski definition) is 1. The molecule has 1 atom stereocenters. The molecule has 0 bridgehead atoms. The van der Waals surface area contributed by atoms with E-state index < -0.39 is 0 Å². The van der Waals surface area contributed by atoms with Gasteiger partial charge in [0.15, 0.2) is 0 Å². The van der Waals surface area contributed by atoms with E-state index in [9.17, 15) is 0 Å². The van der Waals surface area contributed by atoms with Gasteiger partial charge in [0.1, 0.15) is 0 Å². The largest absolute Gasteiger partial charge is 0.384 e. The van der Waals surface area contributed by atoms with Crippen molar-refractivity contribution in [1.29, 1.82) is 0 Å².